The molecule has 0 aliphatic carbocycles. The molecule has 0 aliphatic heterocycles. The summed E-state index contributed by atoms with van der Waals surface area (Å²) in [4.78, 5) is 0. The predicted molar refractivity (Wildman–Crippen MR) is 106 cm³/mol. The van der Waals surface area contributed by atoms with Gasteiger partial charge in [-0.2, -0.15) is 5.10 Å². The quantitative estimate of drug-likeness (QED) is 0.392. The zero-order valence-electron chi connectivity index (χ0n) is 13.3. The highest BCUT2D eigenvalue weighted by atomic mass is 35.5. The summed E-state index contributed by atoms with van der Waals surface area (Å²) in [6.45, 7) is 0.643. The highest BCUT2D eigenvalue weighted by Gasteiger charge is 2.03. The van der Waals surface area contributed by atoms with Crippen molar-refractivity contribution in [3.63, 3.8) is 0 Å². The molecular weight excluding hydrogens is 354 g/mol. The fourth-order valence-corrected chi connectivity index (χ4v) is 2.41. The number of rotatable bonds is 5. The lowest BCUT2D eigenvalue weighted by molar-refractivity contribution is 0.574. The molecule has 1 aromatic heterocycles. The van der Waals surface area contributed by atoms with Crippen LogP contribution in [0.5, 0.6) is 0 Å². The first-order valence-electron chi connectivity index (χ1n) is 7.67. The molecule has 0 amide bonds. The number of thiocarbonyl (C=S) groups is 1. The molecule has 0 aliphatic rings. The molecule has 2 N–H and O–H groups in total. The molecular formula is C19H16ClN3OS. The number of nitrogens with zero attached hydrogens (tertiary/aromatic N) is 1. The van der Waals surface area contributed by atoms with E-state index >= 15 is 0 Å². The van der Waals surface area contributed by atoms with E-state index in [-0.39, 0.29) is 0 Å². The Kier molecular flexibility index (Phi) is 5.82. The van der Waals surface area contributed by atoms with Gasteiger partial charge in [-0.3, -0.25) is 5.43 Å². The van der Waals surface area contributed by atoms with Crippen LogP contribution in [-0.4, -0.2) is 11.3 Å². The van der Waals surface area contributed by atoms with Crippen LogP contribution < -0.4 is 10.7 Å². The third-order valence-electron chi connectivity index (χ3n) is 3.41. The first-order chi connectivity index (χ1) is 12.2. The van der Waals surface area contributed by atoms with E-state index in [0.717, 1.165) is 16.9 Å². The fraction of sp³-hybridized carbons (Fsp3) is 0.0526. The summed E-state index contributed by atoms with van der Waals surface area (Å²) in [7, 11) is 0. The molecule has 126 valence electrons. The van der Waals surface area contributed by atoms with E-state index in [9.17, 15) is 0 Å². The van der Waals surface area contributed by atoms with Crippen molar-refractivity contribution >= 4 is 35.1 Å². The van der Waals surface area contributed by atoms with E-state index in [0.29, 0.717) is 22.4 Å². The van der Waals surface area contributed by atoms with Crippen molar-refractivity contribution in [2.45, 2.75) is 6.54 Å². The summed E-state index contributed by atoms with van der Waals surface area (Å²) in [6, 6.07) is 21.2. The first-order valence-corrected chi connectivity index (χ1v) is 8.46. The molecule has 0 radical (unpaired) electrons. The number of hydrazone groups is 1. The second-order valence-electron chi connectivity index (χ2n) is 5.25. The van der Waals surface area contributed by atoms with E-state index in [1.807, 2.05) is 66.7 Å². The van der Waals surface area contributed by atoms with Crippen molar-refractivity contribution in [3.05, 3.63) is 83.1 Å². The summed E-state index contributed by atoms with van der Waals surface area (Å²) < 4.78 is 5.72. The van der Waals surface area contributed by atoms with Gasteiger partial charge in [-0.25, -0.2) is 0 Å². The van der Waals surface area contributed by atoms with E-state index in [4.69, 9.17) is 28.2 Å². The highest BCUT2D eigenvalue weighted by Crippen LogP contribution is 2.23. The maximum atomic E-state index is 5.89. The largest absolute Gasteiger partial charge is 0.455 e. The van der Waals surface area contributed by atoms with Crippen molar-refractivity contribution in [1.29, 1.82) is 0 Å². The summed E-state index contributed by atoms with van der Waals surface area (Å²) in [5, 5.41) is 8.31. The minimum Gasteiger partial charge on any atom is -0.455 e. The maximum Gasteiger partial charge on any atom is 0.187 e. The van der Waals surface area contributed by atoms with Gasteiger partial charge in [-0.1, -0.05) is 41.9 Å². The Morgan fingerprint density at radius 2 is 1.80 bits per heavy atom. The van der Waals surface area contributed by atoms with Crippen molar-refractivity contribution in [2.75, 3.05) is 0 Å². The van der Waals surface area contributed by atoms with Gasteiger partial charge in [0, 0.05) is 17.1 Å². The van der Waals surface area contributed by atoms with Crippen LogP contribution in [-0.2, 0) is 6.54 Å². The smallest absolute Gasteiger partial charge is 0.187 e. The number of furan rings is 1. The SMILES string of the molecule is S=C(NCc1ccccc1)N/N=C/c1ccc(-c2ccc(Cl)cc2)o1. The summed E-state index contributed by atoms with van der Waals surface area (Å²) in [5.74, 6) is 1.38. The minimum atomic E-state index is 0.449. The molecule has 0 unspecified atom stereocenters. The zero-order valence-corrected chi connectivity index (χ0v) is 14.8. The molecule has 6 heteroatoms. The Morgan fingerprint density at radius 1 is 1.04 bits per heavy atom. The lowest BCUT2D eigenvalue weighted by Crippen LogP contribution is -2.31. The van der Waals surface area contributed by atoms with Crippen molar-refractivity contribution < 1.29 is 4.42 Å². The van der Waals surface area contributed by atoms with Gasteiger partial charge in [0.15, 0.2) is 5.11 Å². The van der Waals surface area contributed by atoms with Gasteiger partial charge < -0.3 is 9.73 Å². The van der Waals surface area contributed by atoms with Gasteiger partial charge >= 0.3 is 0 Å². The topological polar surface area (TPSA) is 49.6 Å². The lowest BCUT2D eigenvalue weighted by atomic mass is 10.2. The van der Waals surface area contributed by atoms with Crippen LogP contribution in [0.25, 0.3) is 11.3 Å². The summed E-state index contributed by atoms with van der Waals surface area (Å²) >= 11 is 11.1. The van der Waals surface area contributed by atoms with Gasteiger partial charge in [0.25, 0.3) is 0 Å². The van der Waals surface area contributed by atoms with Gasteiger partial charge in [0.1, 0.15) is 11.5 Å². The molecule has 1 heterocycles. The van der Waals surface area contributed by atoms with E-state index in [1.165, 1.54) is 0 Å². The normalized spacial score (nSPS) is 10.8. The number of hydrogen-bond donors (Lipinski definition) is 2. The molecule has 3 rings (SSSR count). The van der Waals surface area contributed by atoms with Crippen molar-refractivity contribution in [1.82, 2.24) is 10.7 Å². The van der Waals surface area contributed by atoms with Crippen LogP contribution in [0.4, 0.5) is 0 Å². The molecule has 25 heavy (non-hydrogen) atoms. The maximum absolute atomic E-state index is 5.89. The zero-order chi connectivity index (χ0) is 17.5. The summed E-state index contributed by atoms with van der Waals surface area (Å²) in [6.07, 6.45) is 1.58. The third-order valence-corrected chi connectivity index (χ3v) is 3.90. The first kappa shape index (κ1) is 17.2. The van der Waals surface area contributed by atoms with Gasteiger partial charge in [0.05, 0.1) is 6.21 Å². The van der Waals surface area contributed by atoms with Crippen LogP contribution in [0.15, 0.2) is 76.2 Å². The predicted octanol–water partition coefficient (Wildman–Crippen LogP) is 4.60. The average Bonchev–Trinajstić information content (AvgIpc) is 3.10. The van der Waals surface area contributed by atoms with E-state index < -0.39 is 0 Å². The molecule has 0 spiro atoms. The summed E-state index contributed by atoms with van der Waals surface area (Å²) in [5.41, 5.74) is 4.87. The van der Waals surface area contributed by atoms with Crippen LogP contribution in [0.2, 0.25) is 5.02 Å². The van der Waals surface area contributed by atoms with E-state index in [2.05, 4.69) is 15.8 Å². The molecule has 0 fully saturated rings. The Balaban J connectivity index is 1.50. The monoisotopic (exact) mass is 369 g/mol. The van der Waals surface area contributed by atoms with Crippen LogP contribution >= 0.6 is 23.8 Å². The Hall–Kier alpha value is -2.63. The van der Waals surface area contributed by atoms with Crippen LogP contribution in [0.1, 0.15) is 11.3 Å². The minimum absolute atomic E-state index is 0.449. The molecule has 0 saturated heterocycles. The Bertz CT molecular complexity index is 860. The molecule has 3 aromatic rings. The van der Waals surface area contributed by atoms with Gasteiger partial charge in [0.2, 0.25) is 0 Å². The Morgan fingerprint density at radius 3 is 2.56 bits per heavy atom. The van der Waals surface area contributed by atoms with Crippen LogP contribution in [0, 0.1) is 0 Å². The van der Waals surface area contributed by atoms with Gasteiger partial charge in [-0.05, 0) is 54.2 Å². The second kappa shape index (κ2) is 8.46. The van der Waals surface area contributed by atoms with Crippen molar-refractivity contribution in [2.24, 2.45) is 5.10 Å². The van der Waals surface area contributed by atoms with Gasteiger partial charge in [-0.15, -0.1) is 0 Å². The molecule has 0 atom stereocenters. The number of nitrogens with one attached hydrogen (secondary N) is 2. The second-order valence-corrected chi connectivity index (χ2v) is 6.09. The number of halogens is 1. The Labute approximate surface area is 156 Å². The van der Waals surface area contributed by atoms with Crippen molar-refractivity contribution in [3.8, 4) is 11.3 Å². The average molecular weight is 370 g/mol. The fourth-order valence-electron chi connectivity index (χ4n) is 2.16. The molecule has 4 nitrogen and oxygen atoms in total. The standard InChI is InChI=1S/C19H16ClN3OS/c20-16-8-6-15(7-9-16)18-11-10-17(24-18)13-22-23-19(25)21-12-14-4-2-1-3-5-14/h1-11,13H,12H2,(H2,21,23,25)/b22-13+. The number of hydrogen-bond acceptors (Lipinski definition) is 3. The highest BCUT2D eigenvalue weighted by molar-refractivity contribution is 7.80. The van der Waals surface area contributed by atoms with E-state index in [1.54, 1.807) is 6.21 Å². The lowest BCUT2D eigenvalue weighted by Gasteiger charge is -2.06. The molecule has 0 bridgehead atoms. The third kappa shape index (κ3) is 5.17. The van der Waals surface area contributed by atoms with Crippen LogP contribution in [0.3, 0.4) is 0 Å². The molecule has 2 aromatic carbocycles. The number of benzene rings is 2. The molecule has 0 saturated carbocycles.